The van der Waals surface area contributed by atoms with Crippen molar-refractivity contribution in [1.29, 1.82) is 0 Å². The fourth-order valence-corrected chi connectivity index (χ4v) is 3.92. The van der Waals surface area contributed by atoms with Crippen LogP contribution >= 0.6 is 11.3 Å². The molecule has 0 fully saturated rings. The van der Waals surface area contributed by atoms with Crippen molar-refractivity contribution in [2.24, 2.45) is 5.14 Å². The fraction of sp³-hybridized carbons (Fsp3) is 0.125. The van der Waals surface area contributed by atoms with Gasteiger partial charge in [0.1, 0.15) is 4.21 Å². The molecule has 25 heavy (non-hydrogen) atoms. The SMILES string of the molecule is CC(OC(=O)c1csc(S(N)(=O)=O)c1)C(=O)c1c[nH]c2ccccc12. The van der Waals surface area contributed by atoms with Crippen molar-refractivity contribution in [2.45, 2.75) is 17.2 Å². The highest BCUT2D eigenvalue weighted by molar-refractivity contribution is 7.91. The van der Waals surface area contributed by atoms with E-state index in [0.29, 0.717) is 5.56 Å². The van der Waals surface area contributed by atoms with Gasteiger partial charge in [-0.1, -0.05) is 18.2 Å². The van der Waals surface area contributed by atoms with Gasteiger partial charge < -0.3 is 9.72 Å². The molecule has 0 aliphatic heterocycles. The zero-order valence-corrected chi connectivity index (χ0v) is 14.7. The number of H-pyrrole nitrogens is 1. The lowest BCUT2D eigenvalue weighted by molar-refractivity contribution is 0.0320. The normalized spacial score (nSPS) is 12.9. The third-order valence-corrected chi connectivity index (χ3v) is 5.99. The zero-order chi connectivity index (χ0) is 18.2. The number of thiophene rings is 1. The number of hydrogen-bond donors (Lipinski definition) is 2. The largest absolute Gasteiger partial charge is 0.451 e. The van der Waals surface area contributed by atoms with E-state index < -0.39 is 22.1 Å². The summed E-state index contributed by atoms with van der Waals surface area (Å²) in [6.07, 6.45) is 0.547. The Morgan fingerprint density at radius 2 is 2.00 bits per heavy atom. The summed E-state index contributed by atoms with van der Waals surface area (Å²) in [5.41, 5.74) is 1.26. The Bertz CT molecular complexity index is 1070. The average molecular weight is 378 g/mol. The Labute approximate surface area is 147 Å². The van der Waals surface area contributed by atoms with E-state index in [9.17, 15) is 18.0 Å². The van der Waals surface area contributed by atoms with Crippen LogP contribution in [-0.4, -0.2) is 31.3 Å². The third kappa shape index (κ3) is 3.48. The van der Waals surface area contributed by atoms with Crippen LogP contribution in [0.15, 0.2) is 46.1 Å². The van der Waals surface area contributed by atoms with Gasteiger partial charge in [0.2, 0.25) is 15.8 Å². The first kappa shape index (κ1) is 17.3. The van der Waals surface area contributed by atoms with Crippen LogP contribution < -0.4 is 5.14 Å². The van der Waals surface area contributed by atoms with Gasteiger partial charge in [-0.15, -0.1) is 11.3 Å². The van der Waals surface area contributed by atoms with Crippen molar-refractivity contribution in [3.63, 3.8) is 0 Å². The molecule has 7 nitrogen and oxygen atoms in total. The number of aromatic nitrogens is 1. The number of esters is 1. The van der Waals surface area contributed by atoms with Crippen LogP contribution in [0.3, 0.4) is 0 Å². The highest BCUT2D eigenvalue weighted by Crippen LogP contribution is 2.22. The predicted molar refractivity (Wildman–Crippen MR) is 93.2 cm³/mol. The summed E-state index contributed by atoms with van der Waals surface area (Å²) < 4.78 is 27.5. The number of para-hydroxylation sites is 1. The number of aromatic amines is 1. The minimum atomic E-state index is -3.88. The van der Waals surface area contributed by atoms with E-state index in [-0.39, 0.29) is 15.6 Å². The molecule has 2 aromatic heterocycles. The number of primary sulfonamides is 1. The summed E-state index contributed by atoms with van der Waals surface area (Å²) in [4.78, 5) is 27.7. The molecule has 3 rings (SSSR count). The van der Waals surface area contributed by atoms with Crippen molar-refractivity contribution in [2.75, 3.05) is 0 Å². The minimum absolute atomic E-state index is 0.0348. The molecule has 0 aliphatic carbocycles. The number of carbonyl (C=O) groups is 2. The molecular formula is C16H14N2O5S2. The average Bonchev–Trinajstić information content (AvgIpc) is 3.21. The summed E-state index contributed by atoms with van der Waals surface area (Å²) in [7, 11) is -3.88. The van der Waals surface area contributed by atoms with Gasteiger partial charge in [-0.25, -0.2) is 18.4 Å². The van der Waals surface area contributed by atoms with Gasteiger partial charge in [0, 0.05) is 28.0 Å². The summed E-state index contributed by atoms with van der Waals surface area (Å²) in [5.74, 6) is -1.14. The first-order valence-corrected chi connectivity index (χ1v) is 9.62. The molecule has 9 heteroatoms. The third-order valence-electron chi connectivity index (χ3n) is 3.60. The zero-order valence-electron chi connectivity index (χ0n) is 13.1. The van der Waals surface area contributed by atoms with Crippen LogP contribution in [0.25, 0.3) is 10.9 Å². The Morgan fingerprint density at radius 1 is 1.28 bits per heavy atom. The van der Waals surface area contributed by atoms with E-state index in [0.717, 1.165) is 28.3 Å². The number of benzene rings is 1. The van der Waals surface area contributed by atoms with E-state index in [1.165, 1.54) is 12.3 Å². The summed E-state index contributed by atoms with van der Waals surface area (Å²) in [5, 5.41) is 7.07. The number of nitrogens with two attached hydrogens (primary N) is 1. The summed E-state index contributed by atoms with van der Waals surface area (Å²) >= 11 is 0.816. The van der Waals surface area contributed by atoms with Gasteiger partial charge in [-0.05, 0) is 19.1 Å². The van der Waals surface area contributed by atoms with Gasteiger partial charge in [-0.3, -0.25) is 4.79 Å². The van der Waals surface area contributed by atoms with Crippen molar-refractivity contribution < 1.29 is 22.7 Å². The van der Waals surface area contributed by atoms with Crippen LogP contribution in [0.5, 0.6) is 0 Å². The molecule has 1 atom stereocenters. The molecule has 0 saturated heterocycles. The number of Topliss-reactive ketones (excluding diaryl/α,β-unsaturated/α-hetero) is 1. The molecule has 3 aromatic rings. The Hall–Kier alpha value is -2.49. The highest BCUT2D eigenvalue weighted by Gasteiger charge is 2.24. The maximum absolute atomic E-state index is 12.5. The monoisotopic (exact) mass is 378 g/mol. The lowest BCUT2D eigenvalue weighted by atomic mass is 10.1. The van der Waals surface area contributed by atoms with E-state index in [1.54, 1.807) is 12.3 Å². The molecule has 0 saturated carbocycles. The molecule has 0 aliphatic rings. The maximum atomic E-state index is 12.5. The van der Waals surface area contributed by atoms with E-state index in [4.69, 9.17) is 9.88 Å². The fourth-order valence-electron chi connectivity index (χ4n) is 2.35. The Morgan fingerprint density at radius 3 is 2.68 bits per heavy atom. The second-order valence-electron chi connectivity index (χ2n) is 5.36. The number of sulfonamides is 1. The van der Waals surface area contributed by atoms with Crippen LogP contribution in [-0.2, 0) is 14.8 Å². The molecule has 1 aromatic carbocycles. The Kier molecular flexibility index (Phi) is 4.46. The van der Waals surface area contributed by atoms with Gasteiger partial charge in [0.25, 0.3) is 0 Å². The predicted octanol–water partition coefficient (Wildman–Crippen LogP) is 2.31. The molecule has 0 bridgehead atoms. The Balaban J connectivity index is 1.77. The van der Waals surface area contributed by atoms with Crippen LogP contribution in [0.2, 0.25) is 0 Å². The van der Waals surface area contributed by atoms with Crippen molar-refractivity contribution in [1.82, 2.24) is 4.98 Å². The van der Waals surface area contributed by atoms with E-state index >= 15 is 0 Å². The number of rotatable bonds is 5. The summed E-state index contributed by atoms with van der Waals surface area (Å²) in [6.45, 7) is 1.47. The van der Waals surface area contributed by atoms with Crippen LogP contribution in [0, 0.1) is 0 Å². The standard InChI is InChI=1S/C16H14N2O5S2/c1-9(15(19)12-7-18-13-5-3-2-4-11(12)13)23-16(20)10-6-14(24-8-10)25(17,21)22/h2-9,18H,1H3,(H2,17,21,22). The second-order valence-corrected chi connectivity index (χ2v) is 8.06. The molecule has 1 unspecified atom stereocenters. The van der Waals surface area contributed by atoms with Crippen molar-refractivity contribution >= 4 is 44.0 Å². The second kappa shape index (κ2) is 6.43. The highest BCUT2D eigenvalue weighted by atomic mass is 32.2. The van der Waals surface area contributed by atoms with Crippen molar-refractivity contribution in [3.05, 3.63) is 53.0 Å². The number of carbonyl (C=O) groups excluding carboxylic acids is 2. The molecule has 0 spiro atoms. The molecule has 2 heterocycles. The van der Waals surface area contributed by atoms with Crippen molar-refractivity contribution in [3.8, 4) is 0 Å². The van der Waals surface area contributed by atoms with E-state index in [1.807, 2.05) is 18.2 Å². The molecule has 130 valence electrons. The number of hydrogen-bond acceptors (Lipinski definition) is 6. The van der Waals surface area contributed by atoms with Gasteiger partial charge in [0.05, 0.1) is 5.56 Å². The number of fused-ring (bicyclic) bond motifs is 1. The molecular weight excluding hydrogens is 364 g/mol. The minimum Gasteiger partial charge on any atom is -0.451 e. The smallest absolute Gasteiger partial charge is 0.339 e. The van der Waals surface area contributed by atoms with Crippen LogP contribution in [0.1, 0.15) is 27.6 Å². The summed E-state index contributed by atoms with van der Waals surface area (Å²) in [6, 6.07) is 8.42. The van der Waals surface area contributed by atoms with Gasteiger partial charge >= 0.3 is 5.97 Å². The van der Waals surface area contributed by atoms with Gasteiger partial charge in [-0.2, -0.15) is 0 Å². The van der Waals surface area contributed by atoms with E-state index in [2.05, 4.69) is 4.98 Å². The van der Waals surface area contributed by atoms with Gasteiger partial charge in [0.15, 0.2) is 6.10 Å². The number of ketones is 1. The molecule has 3 N–H and O–H groups in total. The number of ether oxygens (including phenoxy) is 1. The van der Waals surface area contributed by atoms with Crippen LogP contribution in [0.4, 0.5) is 0 Å². The maximum Gasteiger partial charge on any atom is 0.339 e. The topological polar surface area (TPSA) is 119 Å². The lowest BCUT2D eigenvalue weighted by Crippen LogP contribution is -2.24. The first-order valence-electron chi connectivity index (χ1n) is 7.20. The first-order chi connectivity index (χ1) is 11.8. The lowest BCUT2D eigenvalue weighted by Gasteiger charge is -2.11. The molecule has 0 amide bonds. The number of nitrogens with one attached hydrogen (secondary N) is 1. The molecule has 0 radical (unpaired) electrons. The quantitative estimate of drug-likeness (QED) is 0.521.